The first-order valence-corrected chi connectivity index (χ1v) is 9.87. The number of halogens is 1. The van der Waals surface area contributed by atoms with Crippen LogP contribution in [0, 0.1) is 5.41 Å². The molecule has 0 radical (unpaired) electrons. The van der Waals surface area contributed by atoms with Crippen LogP contribution in [-0.4, -0.2) is 55.4 Å². The van der Waals surface area contributed by atoms with E-state index in [1.807, 2.05) is 14.1 Å². The lowest BCUT2D eigenvalue weighted by Crippen LogP contribution is -2.46. The molecule has 3 rings (SSSR count). The third-order valence-electron chi connectivity index (χ3n) is 5.72. The maximum atomic E-state index is 12.8. The van der Waals surface area contributed by atoms with Crippen molar-refractivity contribution in [3.63, 3.8) is 0 Å². The Morgan fingerprint density at radius 1 is 1.22 bits per heavy atom. The summed E-state index contributed by atoms with van der Waals surface area (Å²) < 4.78 is 0. The van der Waals surface area contributed by atoms with Crippen molar-refractivity contribution in [2.24, 2.45) is 10.4 Å². The molecule has 2 aliphatic rings. The Hall–Kier alpha value is -1.31. The fourth-order valence-corrected chi connectivity index (χ4v) is 4.29. The zero-order valence-electron chi connectivity index (χ0n) is 16.8. The molecule has 27 heavy (non-hydrogen) atoms. The Balaban J connectivity index is 0.00000261. The summed E-state index contributed by atoms with van der Waals surface area (Å²) in [7, 11) is 3.72. The van der Waals surface area contributed by atoms with Crippen molar-refractivity contribution in [1.29, 1.82) is 0 Å². The number of nitrogens with zero attached hydrogens (tertiary/aromatic N) is 3. The molecule has 0 aromatic heterocycles. The van der Waals surface area contributed by atoms with Gasteiger partial charge in [-0.1, -0.05) is 37.1 Å². The molecule has 1 aromatic carbocycles. The molecule has 0 bridgehead atoms. The predicted octanol–water partition coefficient (Wildman–Crippen LogP) is 3.28. The van der Waals surface area contributed by atoms with Gasteiger partial charge in [0, 0.05) is 33.7 Å². The van der Waals surface area contributed by atoms with Gasteiger partial charge in [0.2, 0.25) is 5.91 Å². The van der Waals surface area contributed by atoms with E-state index in [-0.39, 0.29) is 35.3 Å². The number of fused-ring (bicyclic) bond motifs is 1. The third kappa shape index (κ3) is 4.95. The first-order valence-electron chi connectivity index (χ1n) is 9.87. The number of carbonyl (C=O) groups excluding carboxylic acids is 1. The molecule has 1 aliphatic heterocycles. The number of hydrogen-bond acceptors (Lipinski definition) is 2. The van der Waals surface area contributed by atoms with Gasteiger partial charge in [0.1, 0.15) is 0 Å². The van der Waals surface area contributed by atoms with Gasteiger partial charge in [0.05, 0.1) is 12.0 Å². The number of amides is 1. The minimum atomic E-state index is -0.308. The van der Waals surface area contributed by atoms with Crippen molar-refractivity contribution < 1.29 is 4.79 Å². The number of benzene rings is 1. The highest BCUT2D eigenvalue weighted by Gasteiger charge is 2.42. The summed E-state index contributed by atoms with van der Waals surface area (Å²) in [6, 6.07) is 8.65. The second-order valence-corrected chi connectivity index (χ2v) is 7.80. The summed E-state index contributed by atoms with van der Waals surface area (Å²) in [6.45, 7) is 5.38. The van der Waals surface area contributed by atoms with Crippen LogP contribution < -0.4 is 5.32 Å². The Kier molecular flexibility index (Phi) is 7.94. The van der Waals surface area contributed by atoms with Crippen molar-refractivity contribution >= 4 is 35.8 Å². The lowest BCUT2D eigenvalue weighted by Gasteiger charge is -2.33. The summed E-state index contributed by atoms with van der Waals surface area (Å²) in [5.74, 6) is 1.18. The third-order valence-corrected chi connectivity index (χ3v) is 5.72. The number of nitrogens with one attached hydrogen (secondary N) is 1. The van der Waals surface area contributed by atoms with Crippen molar-refractivity contribution in [2.45, 2.75) is 45.6 Å². The molecule has 0 atom stereocenters. The van der Waals surface area contributed by atoms with Crippen molar-refractivity contribution in [3.8, 4) is 0 Å². The highest BCUT2D eigenvalue weighted by Crippen LogP contribution is 2.39. The van der Waals surface area contributed by atoms with Gasteiger partial charge in [0.15, 0.2) is 5.96 Å². The molecule has 0 spiro atoms. The highest BCUT2D eigenvalue weighted by molar-refractivity contribution is 14.0. The standard InChI is InChI=1S/C21H32N4O.HI/c1-4-22-20(25-14-11-17-9-5-6-10-18(17)15-25)23-16-21(12-7-8-13-21)19(26)24(2)3;/h5-6,9-10H,4,7-8,11-16H2,1-3H3,(H,22,23);1H. The van der Waals surface area contributed by atoms with Crippen LogP contribution in [0.2, 0.25) is 0 Å². The Morgan fingerprint density at radius 2 is 1.89 bits per heavy atom. The van der Waals surface area contributed by atoms with Gasteiger partial charge >= 0.3 is 0 Å². The second-order valence-electron chi connectivity index (χ2n) is 7.80. The molecular formula is C21H33IN4O. The quantitative estimate of drug-likeness (QED) is 0.406. The van der Waals surface area contributed by atoms with Crippen LogP contribution in [0.15, 0.2) is 29.3 Å². The van der Waals surface area contributed by atoms with Crippen LogP contribution >= 0.6 is 24.0 Å². The molecule has 1 saturated carbocycles. The zero-order chi connectivity index (χ0) is 18.6. The van der Waals surface area contributed by atoms with Crippen molar-refractivity contribution in [3.05, 3.63) is 35.4 Å². The summed E-state index contributed by atoms with van der Waals surface area (Å²) in [4.78, 5) is 21.8. The SMILES string of the molecule is CCNC(=NCC1(C(=O)N(C)C)CCCC1)N1CCc2ccccc2C1.I. The van der Waals surface area contributed by atoms with Gasteiger partial charge in [-0.25, -0.2) is 0 Å². The van der Waals surface area contributed by atoms with E-state index in [9.17, 15) is 4.79 Å². The zero-order valence-corrected chi connectivity index (χ0v) is 19.2. The average Bonchev–Trinajstić information content (AvgIpc) is 3.14. The summed E-state index contributed by atoms with van der Waals surface area (Å²) in [6.07, 6.45) is 5.21. The Labute approximate surface area is 180 Å². The number of rotatable bonds is 4. The number of hydrogen-bond donors (Lipinski definition) is 1. The van der Waals surface area contributed by atoms with E-state index in [1.54, 1.807) is 4.90 Å². The summed E-state index contributed by atoms with van der Waals surface area (Å²) >= 11 is 0. The van der Waals surface area contributed by atoms with Gasteiger partial charge in [-0.15, -0.1) is 24.0 Å². The predicted molar refractivity (Wildman–Crippen MR) is 122 cm³/mol. The van der Waals surface area contributed by atoms with E-state index in [0.717, 1.165) is 57.7 Å². The minimum absolute atomic E-state index is 0. The Morgan fingerprint density at radius 3 is 2.52 bits per heavy atom. The number of aliphatic imine (C=N–C) groups is 1. The van der Waals surface area contributed by atoms with Crippen LogP contribution in [0.1, 0.15) is 43.7 Å². The van der Waals surface area contributed by atoms with Crippen molar-refractivity contribution in [1.82, 2.24) is 15.1 Å². The summed E-state index contributed by atoms with van der Waals surface area (Å²) in [5.41, 5.74) is 2.51. The smallest absolute Gasteiger partial charge is 0.230 e. The highest BCUT2D eigenvalue weighted by atomic mass is 127. The molecule has 1 N–H and O–H groups in total. The topological polar surface area (TPSA) is 47.9 Å². The van der Waals surface area contributed by atoms with E-state index < -0.39 is 0 Å². The first-order chi connectivity index (χ1) is 12.6. The van der Waals surface area contributed by atoms with Crippen LogP contribution in [0.5, 0.6) is 0 Å². The summed E-state index contributed by atoms with van der Waals surface area (Å²) in [5, 5.41) is 3.44. The molecular weight excluding hydrogens is 451 g/mol. The molecule has 0 saturated heterocycles. The number of guanidine groups is 1. The average molecular weight is 484 g/mol. The molecule has 1 heterocycles. The molecule has 1 aromatic rings. The monoisotopic (exact) mass is 484 g/mol. The lowest BCUT2D eigenvalue weighted by atomic mass is 9.85. The first kappa shape index (κ1) is 22.0. The fraction of sp³-hybridized carbons (Fsp3) is 0.619. The van der Waals surface area contributed by atoms with Gasteiger partial charge in [0.25, 0.3) is 0 Å². The van der Waals surface area contributed by atoms with Crippen molar-refractivity contribution in [2.75, 3.05) is 33.7 Å². The van der Waals surface area contributed by atoms with E-state index >= 15 is 0 Å². The van der Waals surface area contributed by atoms with Crippen LogP contribution in [-0.2, 0) is 17.8 Å². The second kappa shape index (κ2) is 9.75. The number of carbonyl (C=O) groups is 1. The van der Waals surface area contributed by atoms with Crippen LogP contribution in [0.3, 0.4) is 0 Å². The normalized spacial score (nSPS) is 18.5. The molecule has 0 unspecified atom stereocenters. The van der Waals surface area contributed by atoms with E-state index in [2.05, 4.69) is 41.4 Å². The fourth-order valence-electron chi connectivity index (χ4n) is 4.29. The molecule has 150 valence electrons. The maximum Gasteiger partial charge on any atom is 0.230 e. The van der Waals surface area contributed by atoms with E-state index in [4.69, 9.17) is 4.99 Å². The molecule has 6 heteroatoms. The van der Waals surface area contributed by atoms with Gasteiger partial charge in [-0.05, 0) is 37.3 Å². The van der Waals surface area contributed by atoms with Crippen LogP contribution in [0.4, 0.5) is 0 Å². The maximum absolute atomic E-state index is 12.8. The lowest BCUT2D eigenvalue weighted by molar-refractivity contribution is -0.138. The van der Waals surface area contributed by atoms with E-state index in [0.29, 0.717) is 6.54 Å². The molecule has 5 nitrogen and oxygen atoms in total. The van der Waals surface area contributed by atoms with Crippen LogP contribution in [0.25, 0.3) is 0 Å². The molecule has 1 fully saturated rings. The van der Waals surface area contributed by atoms with E-state index in [1.165, 1.54) is 11.1 Å². The van der Waals surface area contributed by atoms with Gasteiger partial charge < -0.3 is 15.1 Å². The largest absolute Gasteiger partial charge is 0.357 e. The molecule has 1 aliphatic carbocycles. The minimum Gasteiger partial charge on any atom is -0.357 e. The van der Waals surface area contributed by atoms with Gasteiger partial charge in [-0.2, -0.15) is 0 Å². The van der Waals surface area contributed by atoms with Gasteiger partial charge in [-0.3, -0.25) is 9.79 Å². The molecule has 1 amide bonds. The Bertz CT molecular complexity index is 668.